The fourth-order valence-electron chi connectivity index (χ4n) is 5.50. The predicted molar refractivity (Wildman–Crippen MR) is 133 cm³/mol. The molecule has 3 aromatic rings. The maximum absolute atomic E-state index is 14.6. The van der Waals surface area contributed by atoms with Crippen LogP contribution in [0.4, 0.5) is 13.6 Å². The topological polar surface area (TPSA) is 156 Å². The largest absolute Gasteiger partial charge is 0.465 e. The Morgan fingerprint density at radius 3 is 2.62 bits per heavy atom. The van der Waals surface area contributed by atoms with Crippen LogP contribution in [0.5, 0.6) is 0 Å². The molecule has 0 radical (unpaired) electrons. The Balaban J connectivity index is 1.36. The van der Waals surface area contributed by atoms with Crippen molar-refractivity contribution in [2.24, 2.45) is 0 Å². The zero-order valence-corrected chi connectivity index (χ0v) is 22.0. The second kappa shape index (κ2) is 11.6. The Kier molecular flexibility index (Phi) is 8.12. The minimum atomic E-state index is -1.26. The van der Waals surface area contributed by atoms with Crippen LogP contribution in [-0.4, -0.2) is 97.7 Å². The Morgan fingerprint density at radius 1 is 1.20 bits per heavy atom. The smallest absolute Gasteiger partial charge is 0.407 e. The van der Waals surface area contributed by atoms with Gasteiger partial charge < -0.3 is 34.2 Å². The number of piperidine rings is 1. The van der Waals surface area contributed by atoms with Crippen LogP contribution in [0.2, 0.25) is 0 Å². The SMILES string of the molecule is CO[C@@H]1[C@@H](n2cc(-c3ccc(C)c(F)c3F)nn2)[C@@H](O)[C@@H](CO)O[C@@H]1Cc1cc(C2CCN(C(=O)O)CC2)on1. The van der Waals surface area contributed by atoms with Gasteiger partial charge in [0.2, 0.25) is 0 Å². The van der Waals surface area contributed by atoms with Gasteiger partial charge in [-0.2, -0.15) is 0 Å². The zero-order chi connectivity index (χ0) is 28.6. The van der Waals surface area contributed by atoms with E-state index in [9.17, 15) is 28.9 Å². The lowest BCUT2D eigenvalue weighted by atomic mass is 9.89. The lowest BCUT2D eigenvalue weighted by molar-refractivity contribution is -0.212. The van der Waals surface area contributed by atoms with E-state index >= 15 is 0 Å². The summed E-state index contributed by atoms with van der Waals surface area (Å²) in [6.07, 6.45) is -1.83. The summed E-state index contributed by atoms with van der Waals surface area (Å²) in [5.74, 6) is -1.35. The van der Waals surface area contributed by atoms with Crippen molar-refractivity contribution >= 4 is 6.09 Å². The third-order valence-electron chi connectivity index (χ3n) is 7.76. The van der Waals surface area contributed by atoms with Gasteiger partial charge in [-0.3, -0.25) is 0 Å². The number of methoxy groups -OCH3 is 1. The van der Waals surface area contributed by atoms with E-state index in [0.717, 1.165) is 0 Å². The number of aliphatic hydroxyl groups excluding tert-OH is 2. The van der Waals surface area contributed by atoms with Gasteiger partial charge in [0.05, 0.1) is 24.6 Å². The molecule has 2 aromatic heterocycles. The van der Waals surface area contributed by atoms with Gasteiger partial charge in [-0.15, -0.1) is 5.10 Å². The van der Waals surface area contributed by atoms with Crippen LogP contribution < -0.4 is 0 Å². The number of halogens is 2. The first-order valence-corrected chi connectivity index (χ1v) is 13.0. The van der Waals surface area contributed by atoms with E-state index in [4.69, 9.17) is 14.0 Å². The minimum absolute atomic E-state index is 0.0303. The van der Waals surface area contributed by atoms with Crippen LogP contribution in [0.1, 0.15) is 41.8 Å². The van der Waals surface area contributed by atoms with Gasteiger partial charge in [0, 0.05) is 44.2 Å². The Labute approximate surface area is 228 Å². The highest BCUT2D eigenvalue weighted by Gasteiger charge is 2.47. The molecule has 5 rings (SSSR count). The highest BCUT2D eigenvalue weighted by molar-refractivity contribution is 5.65. The molecule has 0 unspecified atom stereocenters. The number of hydrogen-bond acceptors (Lipinski definition) is 9. The average Bonchev–Trinajstić information content (AvgIpc) is 3.62. The first kappa shape index (κ1) is 28.1. The van der Waals surface area contributed by atoms with E-state index in [-0.39, 0.29) is 29.2 Å². The van der Waals surface area contributed by atoms with E-state index in [0.29, 0.717) is 37.4 Å². The standard InChI is InChI=1S/C26H31F2N5O7/c1-13-3-4-16(22(28)21(13)27)17-11-33(31-29-17)23-24(35)20(12-34)39-19(25(23)38-2)10-15-9-18(40-30-15)14-5-7-32(8-6-14)26(36)37/h3-4,9,11,14,19-20,23-25,34-35H,5-8,10,12H2,1-2H3,(H,36,37)/t19-,20-,23+,24+,25+/m1/s1. The number of aryl methyl sites for hydroxylation is 1. The number of hydrogen-bond donors (Lipinski definition) is 3. The normalized spacial score (nSPS) is 25.9. The maximum Gasteiger partial charge on any atom is 0.407 e. The Hall–Kier alpha value is -3.46. The number of carbonyl (C=O) groups is 1. The van der Waals surface area contributed by atoms with Gasteiger partial charge in [-0.05, 0) is 31.4 Å². The van der Waals surface area contributed by atoms with Gasteiger partial charge >= 0.3 is 6.09 Å². The van der Waals surface area contributed by atoms with Crippen molar-refractivity contribution in [3.8, 4) is 11.3 Å². The van der Waals surface area contributed by atoms with Crippen LogP contribution in [0.15, 0.2) is 28.9 Å². The summed E-state index contributed by atoms with van der Waals surface area (Å²) in [6, 6.07) is 3.76. The molecule has 0 bridgehead atoms. The highest BCUT2D eigenvalue weighted by Crippen LogP contribution is 2.35. The average molecular weight is 564 g/mol. The number of likely N-dealkylation sites (tertiary alicyclic amines) is 1. The van der Waals surface area contributed by atoms with Crippen LogP contribution in [0, 0.1) is 18.6 Å². The predicted octanol–water partition coefficient (Wildman–Crippen LogP) is 2.30. The molecule has 0 aliphatic carbocycles. The molecule has 2 aliphatic heterocycles. The van der Waals surface area contributed by atoms with Crippen molar-refractivity contribution in [1.29, 1.82) is 0 Å². The molecule has 3 N–H and O–H groups in total. The molecule has 4 heterocycles. The number of carboxylic acid groups (broad SMARTS) is 1. The number of ether oxygens (including phenoxy) is 2. The van der Waals surface area contributed by atoms with Crippen molar-refractivity contribution in [3.63, 3.8) is 0 Å². The molecule has 12 nitrogen and oxygen atoms in total. The monoisotopic (exact) mass is 563 g/mol. The summed E-state index contributed by atoms with van der Waals surface area (Å²) in [5.41, 5.74) is 0.705. The second-order valence-corrected chi connectivity index (χ2v) is 10.2. The van der Waals surface area contributed by atoms with Gasteiger partial charge in [0.1, 0.15) is 35.8 Å². The van der Waals surface area contributed by atoms with Crippen molar-refractivity contribution in [2.45, 2.75) is 62.6 Å². The van der Waals surface area contributed by atoms with E-state index in [1.165, 1.54) is 41.9 Å². The minimum Gasteiger partial charge on any atom is -0.465 e. The molecular formula is C26H31F2N5O7. The van der Waals surface area contributed by atoms with Crippen molar-refractivity contribution < 1.29 is 42.9 Å². The number of rotatable bonds is 7. The van der Waals surface area contributed by atoms with Gasteiger partial charge in [-0.1, -0.05) is 16.4 Å². The molecule has 14 heteroatoms. The van der Waals surface area contributed by atoms with Gasteiger partial charge in [-0.25, -0.2) is 18.3 Å². The molecule has 2 fully saturated rings. The second-order valence-electron chi connectivity index (χ2n) is 10.2. The fraction of sp³-hybridized carbons (Fsp3) is 0.538. The van der Waals surface area contributed by atoms with E-state index in [1.807, 2.05) is 0 Å². The summed E-state index contributed by atoms with van der Waals surface area (Å²) >= 11 is 0. The third-order valence-corrected chi connectivity index (χ3v) is 7.76. The summed E-state index contributed by atoms with van der Waals surface area (Å²) in [5, 5.41) is 42.4. The summed E-state index contributed by atoms with van der Waals surface area (Å²) in [4.78, 5) is 12.6. The number of benzene rings is 1. The zero-order valence-electron chi connectivity index (χ0n) is 22.0. The summed E-state index contributed by atoms with van der Waals surface area (Å²) in [7, 11) is 1.44. The number of aromatic nitrogens is 4. The highest BCUT2D eigenvalue weighted by atomic mass is 19.2. The molecule has 1 amide bonds. The Bertz CT molecular complexity index is 1340. The fourth-order valence-corrected chi connectivity index (χ4v) is 5.50. The third kappa shape index (κ3) is 5.31. The van der Waals surface area contributed by atoms with Crippen molar-refractivity contribution in [2.75, 3.05) is 26.8 Å². The van der Waals surface area contributed by atoms with Crippen LogP contribution in [0.3, 0.4) is 0 Å². The van der Waals surface area contributed by atoms with E-state index in [2.05, 4.69) is 15.5 Å². The molecule has 2 aliphatic rings. The van der Waals surface area contributed by atoms with Crippen LogP contribution in [-0.2, 0) is 15.9 Å². The van der Waals surface area contributed by atoms with E-state index in [1.54, 1.807) is 6.07 Å². The first-order chi connectivity index (χ1) is 19.2. The molecule has 40 heavy (non-hydrogen) atoms. The number of nitrogens with zero attached hydrogens (tertiary/aromatic N) is 5. The van der Waals surface area contributed by atoms with Crippen LogP contribution in [0.25, 0.3) is 11.3 Å². The molecule has 1 aromatic carbocycles. The van der Waals surface area contributed by atoms with E-state index < -0.39 is 54.8 Å². The first-order valence-electron chi connectivity index (χ1n) is 13.0. The van der Waals surface area contributed by atoms with Crippen molar-refractivity contribution in [3.05, 3.63) is 53.0 Å². The lowest BCUT2D eigenvalue weighted by Crippen LogP contribution is -2.57. The molecule has 0 spiro atoms. The van der Waals surface area contributed by atoms with Gasteiger partial charge in [0.15, 0.2) is 11.6 Å². The quantitative estimate of drug-likeness (QED) is 0.390. The molecular weight excluding hydrogens is 532 g/mol. The summed E-state index contributed by atoms with van der Waals surface area (Å²) < 4.78 is 47.4. The number of amides is 1. The molecule has 2 saturated heterocycles. The molecule has 5 atom stereocenters. The summed E-state index contributed by atoms with van der Waals surface area (Å²) in [6.45, 7) is 1.78. The lowest BCUT2D eigenvalue weighted by Gasteiger charge is -2.43. The van der Waals surface area contributed by atoms with Crippen molar-refractivity contribution in [1.82, 2.24) is 25.1 Å². The number of aliphatic hydroxyl groups is 2. The van der Waals surface area contributed by atoms with Gasteiger partial charge in [0.25, 0.3) is 0 Å². The molecule has 216 valence electrons. The maximum atomic E-state index is 14.6. The molecule has 0 saturated carbocycles. The van der Waals surface area contributed by atoms with Crippen LogP contribution >= 0.6 is 0 Å². The Morgan fingerprint density at radius 2 is 1.95 bits per heavy atom.